The standard InChI is InChI=1S/C26H17NO7/c1-31-14-4-6-19-13(9-14)10-18(26(30)27-19)17-12-22(28)33-20-7-5-16-24(29)21(34-25(16)23(17)20)11-15-3-2-8-32-15/h2-11,17H,12H2,1H3,(H,27,30)/b21-11+. The average molecular weight is 455 g/mol. The third-order valence-electron chi connectivity index (χ3n) is 6.05. The summed E-state index contributed by atoms with van der Waals surface area (Å²) in [4.78, 5) is 41.4. The van der Waals surface area contributed by atoms with Crippen LogP contribution in [0.25, 0.3) is 17.0 Å². The first-order chi connectivity index (χ1) is 16.5. The molecule has 8 nitrogen and oxygen atoms in total. The zero-order valence-corrected chi connectivity index (χ0v) is 17.9. The fourth-order valence-electron chi connectivity index (χ4n) is 4.46. The maximum absolute atomic E-state index is 13.1. The number of carbonyl (C=O) groups excluding carboxylic acids is 2. The number of hydrogen-bond donors (Lipinski definition) is 1. The van der Waals surface area contributed by atoms with Gasteiger partial charge in [0.1, 0.15) is 23.0 Å². The van der Waals surface area contributed by atoms with Crippen molar-refractivity contribution in [2.75, 3.05) is 7.11 Å². The average Bonchev–Trinajstić information content (AvgIpc) is 3.46. The van der Waals surface area contributed by atoms with Crippen molar-refractivity contribution in [2.24, 2.45) is 0 Å². The summed E-state index contributed by atoms with van der Waals surface area (Å²) in [7, 11) is 1.56. The lowest BCUT2D eigenvalue weighted by Crippen LogP contribution is -2.26. The predicted molar refractivity (Wildman–Crippen MR) is 121 cm³/mol. The number of allylic oxidation sites excluding steroid dienone is 1. The number of aromatic amines is 1. The van der Waals surface area contributed by atoms with E-state index in [4.69, 9.17) is 18.6 Å². The van der Waals surface area contributed by atoms with Gasteiger partial charge >= 0.3 is 5.97 Å². The van der Waals surface area contributed by atoms with Gasteiger partial charge in [0.15, 0.2) is 5.76 Å². The van der Waals surface area contributed by atoms with Crippen molar-refractivity contribution in [3.8, 4) is 17.2 Å². The summed E-state index contributed by atoms with van der Waals surface area (Å²) in [6.45, 7) is 0. The molecule has 1 unspecified atom stereocenters. The molecule has 0 saturated carbocycles. The number of carbonyl (C=O) groups is 2. The van der Waals surface area contributed by atoms with Crippen molar-refractivity contribution in [3.05, 3.63) is 93.4 Å². The molecule has 2 aliphatic heterocycles. The van der Waals surface area contributed by atoms with E-state index in [1.807, 2.05) is 0 Å². The number of pyridine rings is 1. The van der Waals surface area contributed by atoms with Crippen molar-refractivity contribution in [1.29, 1.82) is 0 Å². The quantitative estimate of drug-likeness (QED) is 0.280. The molecule has 4 heterocycles. The molecule has 2 aliphatic rings. The Morgan fingerprint density at radius 1 is 1.06 bits per heavy atom. The van der Waals surface area contributed by atoms with Gasteiger partial charge in [-0.15, -0.1) is 0 Å². The number of esters is 1. The van der Waals surface area contributed by atoms with Crippen LogP contribution in [0, 0.1) is 0 Å². The molecule has 168 valence electrons. The Balaban J connectivity index is 1.52. The fourth-order valence-corrected chi connectivity index (χ4v) is 4.46. The number of Topliss-reactive ketones (excluding diaryl/α,β-unsaturated/α-hetero) is 1. The molecular formula is C26H17NO7. The molecule has 1 atom stereocenters. The first kappa shape index (κ1) is 20.0. The maximum atomic E-state index is 13.1. The monoisotopic (exact) mass is 455 g/mol. The summed E-state index contributed by atoms with van der Waals surface area (Å²) in [5.41, 5.74) is 1.49. The topological polar surface area (TPSA) is 108 Å². The molecular weight excluding hydrogens is 438 g/mol. The third-order valence-corrected chi connectivity index (χ3v) is 6.05. The fraction of sp³-hybridized carbons (Fsp3) is 0.115. The highest BCUT2D eigenvalue weighted by atomic mass is 16.5. The van der Waals surface area contributed by atoms with Gasteiger partial charge in [0.2, 0.25) is 5.78 Å². The van der Waals surface area contributed by atoms with Crippen LogP contribution in [0.4, 0.5) is 0 Å². The Hall–Kier alpha value is -4.59. The lowest BCUT2D eigenvalue weighted by atomic mass is 9.85. The van der Waals surface area contributed by atoms with Gasteiger partial charge in [0.05, 0.1) is 25.4 Å². The van der Waals surface area contributed by atoms with E-state index >= 15 is 0 Å². The number of nitrogens with one attached hydrogen (secondary N) is 1. The van der Waals surface area contributed by atoms with Crippen LogP contribution in [0.5, 0.6) is 17.2 Å². The molecule has 0 spiro atoms. The second kappa shape index (κ2) is 7.48. The number of benzene rings is 2. The van der Waals surface area contributed by atoms with Crippen LogP contribution in [0.1, 0.15) is 39.6 Å². The Morgan fingerprint density at radius 3 is 2.74 bits per heavy atom. The molecule has 4 aromatic rings. The van der Waals surface area contributed by atoms with Gasteiger partial charge in [-0.25, -0.2) is 0 Å². The first-order valence-electron chi connectivity index (χ1n) is 10.6. The molecule has 0 fully saturated rings. The molecule has 1 N–H and O–H groups in total. The number of methoxy groups -OCH3 is 1. The molecule has 34 heavy (non-hydrogen) atoms. The van der Waals surface area contributed by atoms with Crippen LogP contribution < -0.4 is 19.8 Å². The Labute approximate surface area is 192 Å². The Bertz CT molecular complexity index is 1580. The number of hydrogen-bond acceptors (Lipinski definition) is 7. The zero-order chi connectivity index (χ0) is 23.4. The minimum absolute atomic E-state index is 0.0726. The summed E-state index contributed by atoms with van der Waals surface area (Å²) >= 11 is 0. The second-order valence-corrected chi connectivity index (χ2v) is 8.05. The van der Waals surface area contributed by atoms with Crippen molar-refractivity contribution in [1.82, 2.24) is 4.98 Å². The number of rotatable bonds is 3. The highest BCUT2D eigenvalue weighted by molar-refractivity contribution is 6.15. The predicted octanol–water partition coefficient (Wildman–Crippen LogP) is 4.19. The minimum atomic E-state index is -0.665. The number of furan rings is 1. The molecule has 0 radical (unpaired) electrons. The number of ketones is 1. The molecule has 0 bridgehead atoms. The summed E-state index contributed by atoms with van der Waals surface area (Å²) in [6, 6.07) is 13.6. The van der Waals surface area contributed by atoms with E-state index in [2.05, 4.69) is 4.98 Å². The van der Waals surface area contributed by atoms with E-state index in [1.54, 1.807) is 55.6 Å². The van der Waals surface area contributed by atoms with Gasteiger partial charge in [0, 0.05) is 34.0 Å². The summed E-state index contributed by atoms with van der Waals surface area (Å²) in [5.74, 6) is 0.275. The highest BCUT2D eigenvalue weighted by Crippen LogP contribution is 2.48. The lowest BCUT2D eigenvalue weighted by molar-refractivity contribution is -0.135. The number of ether oxygens (including phenoxy) is 3. The smallest absolute Gasteiger partial charge is 0.312 e. The maximum Gasteiger partial charge on any atom is 0.312 e. The molecule has 0 amide bonds. The van der Waals surface area contributed by atoms with Crippen molar-refractivity contribution in [2.45, 2.75) is 12.3 Å². The van der Waals surface area contributed by atoms with Gasteiger partial charge in [-0.2, -0.15) is 0 Å². The van der Waals surface area contributed by atoms with Crippen molar-refractivity contribution in [3.63, 3.8) is 0 Å². The van der Waals surface area contributed by atoms with Crippen LogP contribution in [-0.2, 0) is 4.79 Å². The van der Waals surface area contributed by atoms with Crippen molar-refractivity contribution < 1.29 is 28.2 Å². The minimum Gasteiger partial charge on any atom is -0.497 e. The van der Waals surface area contributed by atoms with Gasteiger partial charge in [-0.1, -0.05) is 0 Å². The molecule has 0 aliphatic carbocycles. The van der Waals surface area contributed by atoms with Crippen LogP contribution in [0.2, 0.25) is 0 Å². The van der Waals surface area contributed by atoms with Crippen molar-refractivity contribution >= 4 is 28.7 Å². The first-order valence-corrected chi connectivity index (χ1v) is 10.6. The van der Waals surface area contributed by atoms with Gasteiger partial charge in [-0.05, 0) is 48.5 Å². The highest BCUT2D eigenvalue weighted by Gasteiger charge is 2.39. The Morgan fingerprint density at radius 2 is 1.94 bits per heavy atom. The van der Waals surface area contributed by atoms with Gasteiger partial charge in [0.25, 0.3) is 5.56 Å². The molecule has 6 rings (SSSR count). The van der Waals surface area contributed by atoms with E-state index in [0.29, 0.717) is 33.7 Å². The summed E-state index contributed by atoms with van der Waals surface area (Å²) in [5, 5.41) is 0.748. The largest absolute Gasteiger partial charge is 0.497 e. The van der Waals surface area contributed by atoms with Crippen LogP contribution in [0.15, 0.2) is 69.8 Å². The van der Waals surface area contributed by atoms with Gasteiger partial charge < -0.3 is 23.6 Å². The zero-order valence-electron chi connectivity index (χ0n) is 17.9. The number of aromatic nitrogens is 1. The Kier molecular flexibility index (Phi) is 4.41. The van der Waals surface area contributed by atoms with E-state index in [0.717, 1.165) is 5.39 Å². The summed E-state index contributed by atoms with van der Waals surface area (Å²) < 4.78 is 22.0. The van der Waals surface area contributed by atoms with E-state index in [9.17, 15) is 14.4 Å². The normalized spacial score (nSPS) is 17.9. The number of H-pyrrole nitrogens is 1. The van der Waals surface area contributed by atoms with E-state index in [-0.39, 0.29) is 35.0 Å². The molecule has 8 heteroatoms. The van der Waals surface area contributed by atoms with Crippen LogP contribution in [-0.4, -0.2) is 23.8 Å². The van der Waals surface area contributed by atoms with E-state index < -0.39 is 11.9 Å². The summed E-state index contributed by atoms with van der Waals surface area (Å²) in [6.07, 6.45) is 2.93. The molecule has 2 aromatic carbocycles. The molecule has 0 saturated heterocycles. The second-order valence-electron chi connectivity index (χ2n) is 8.05. The SMILES string of the molecule is COc1ccc2[nH]c(=O)c(C3CC(=O)Oc4ccc5c(c43)O/C(=C/c3ccco3)C5=O)cc2c1. The van der Waals surface area contributed by atoms with Crippen LogP contribution >= 0.6 is 0 Å². The van der Waals surface area contributed by atoms with Crippen LogP contribution in [0.3, 0.4) is 0 Å². The third kappa shape index (κ3) is 3.11. The lowest BCUT2D eigenvalue weighted by Gasteiger charge is -2.26. The van der Waals surface area contributed by atoms with Gasteiger partial charge in [-0.3, -0.25) is 14.4 Å². The number of fused-ring (bicyclic) bond motifs is 4. The van der Waals surface area contributed by atoms with E-state index in [1.165, 1.54) is 12.3 Å². The molecule has 2 aromatic heterocycles.